The molecule has 3 rings (SSSR count). The molecule has 0 radical (unpaired) electrons. The minimum atomic E-state index is -3.58. The van der Waals surface area contributed by atoms with Gasteiger partial charge in [-0.2, -0.15) is 4.31 Å². The summed E-state index contributed by atoms with van der Waals surface area (Å²) in [5.74, 6) is 0.624. The Morgan fingerprint density at radius 2 is 1.92 bits per heavy atom. The Morgan fingerprint density at radius 3 is 2.58 bits per heavy atom. The van der Waals surface area contributed by atoms with E-state index in [1.807, 2.05) is 35.7 Å². The van der Waals surface area contributed by atoms with E-state index in [2.05, 4.69) is 4.98 Å². The minimum Gasteiger partial charge on any atom is -0.497 e. The van der Waals surface area contributed by atoms with Crippen molar-refractivity contribution in [3.63, 3.8) is 0 Å². The molecule has 6 nitrogen and oxygen atoms in total. The number of rotatable bonds is 6. The second-order valence-electron chi connectivity index (χ2n) is 5.29. The summed E-state index contributed by atoms with van der Waals surface area (Å²) in [6.07, 6.45) is 3.59. The number of benzene rings is 1. The molecule has 0 aliphatic rings. The maximum absolute atomic E-state index is 12.9. The molecule has 126 valence electrons. The molecule has 24 heavy (non-hydrogen) atoms. The average Bonchev–Trinajstić information content (AvgIpc) is 3.02. The summed E-state index contributed by atoms with van der Waals surface area (Å²) in [6, 6.07) is 12.1. The number of methoxy groups -OCH3 is 1. The number of imidazole rings is 1. The van der Waals surface area contributed by atoms with Gasteiger partial charge in [0, 0.05) is 12.7 Å². The molecule has 0 atom stereocenters. The van der Waals surface area contributed by atoms with Crippen LogP contribution in [-0.2, 0) is 16.6 Å². The van der Waals surface area contributed by atoms with Crippen molar-refractivity contribution < 1.29 is 13.2 Å². The van der Waals surface area contributed by atoms with Gasteiger partial charge in [-0.25, -0.2) is 13.4 Å². The molecule has 2 heterocycles. The molecule has 0 amide bonds. The second-order valence-corrected chi connectivity index (χ2v) is 7.22. The van der Waals surface area contributed by atoms with Crippen LogP contribution >= 0.6 is 0 Å². The first-order valence-corrected chi connectivity index (χ1v) is 9.05. The monoisotopic (exact) mass is 345 g/mol. The predicted octanol–water partition coefficient (Wildman–Crippen LogP) is 2.55. The second kappa shape index (κ2) is 6.62. The summed E-state index contributed by atoms with van der Waals surface area (Å²) < 4.78 is 34.2. The lowest BCUT2D eigenvalue weighted by molar-refractivity contribution is 0.412. The van der Waals surface area contributed by atoms with Gasteiger partial charge in [-0.1, -0.05) is 13.0 Å². The maximum atomic E-state index is 12.9. The third-order valence-electron chi connectivity index (χ3n) is 3.88. The van der Waals surface area contributed by atoms with Crippen molar-refractivity contribution in [2.75, 3.05) is 13.7 Å². The number of sulfonamides is 1. The van der Waals surface area contributed by atoms with Gasteiger partial charge in [0.1, 0.15) is 11.4 Å². The Bertz CT molecular complexity index is 933. The van der Waals surface area contributed by atoms with E-state index in [1.165, 1.54) is 4.31 Å². The number of nitrogens with zero attached hydrogens (tertiary/aromatic N) is 3. The third-order valence-corrected chi connectivity index (χ3v) is 5.82. The van der Waals surface area contributed by atoms with Gasteiger partial charge in [-0.3, -0.25) is 0 Å². The molecule has 0 aliphatic heterocycles. The number of pyridine rings is 1. The Morgan fingerprint density at radius 1 is 1.17 bits per heavy atom. The zero-order valence-electron chi connectivity index (χ0n) is 13.6. The van der Waals surface area contributed by atoms with Gasteiger partial charge in [0.25, 0.3) is 0 Å². The Labute approximate surface area is 141 Å². The van der Waals surface area contributed by atoms with E-state index in [0.717, 1.165) is 11.3 Å². The molecule has 0 aliphatic carbocycles. The average molecular weight is 345 g/mol. The van der Waals surface area contributed by atoms with Gasteiger partial charge in [-0.05, 0) is 36.4 Å². The Balaban J connectivity index is 1.92. The molecule has 7 heteroatoms. The zero-order chi connectivity index (χ0) is 17.2. The molecule has 0 spiro atoms. The minimum absolute atomic E-state index is 0.249. The van der Waals surface area contributed by atoms with Gasteiger partial charge in [0.05, 0.1) is 30.4 Å². The van der Waals surface area contributed by atoms with Crippen LogP contribution in [0.25, 0.3) is 5.65 Å². The molecule has 3 aromatic rings. The van der Waals surface area contributed by atoms with Gasteiger partial charge in [0.2, 0.25) is 10.0 Å². The number of aromatic nitrogens is 2. The highest BCUT2D eigenvalue weighted by atomic mass is 32.2. The molecule has 1 aromatic carbocycles. The molecule has 0 fully saturated rings. The lowest BCUT2D eigenvalue weighted by atomic mass is 10.3. The largest absolute Gasteiger partial charge is 0.497 e. The number of hydrogen-bond acceptors (Lipinski definition) is 4. The van der Waals surface area contributed by atoms with Crippen molar-refractivity contribution in [2.24, 2.45) is 0 Å². The van der Waals surface area contributed by atoms with Crippen molar-refractivity contribution in [1.82, 2.24) is 13.7 Å². The maximum Gasteiger partial charge on any atom is 0.243 e. The van der Waals surface area contributed by atoms with Crippen LogP contribution < -0.4 is 4.74 Å². The summed E-state index contributed by atoms with van der Waals surface area (Å²) in [7, 11) is -2.04. The fraction of sp³-hybridized carbons (Fsp3) is 0.235. The Hall–Kier alpha value is -2.38. The first-order valence-electron chi connectivity index (χ1n) is 7.61. The standard InChI is InChI=1S/C17H19N3O3S/c1-3-19(13-14-12-18-17-6-4-5-11-20(14)17)24(21,22)16-9-7-15(23-2)8-10-16/h4-12H,3,13H2,1-2H3. The van der Waals surface area contributed by atoms with E-state index in [9.17, 15) is 8.42 Å². The third kappa shape index (κ3) is 3.00. The first-order chi connectivity index (χ1) is 11.6. The summed E-state index contributed by atoms with van der Waals surface area (Å²) in [5.41, 5.74) is 1.62. The van der Waals surface area contributed by atoms with Gasteiger partial charge in [-0.15, -0.1) is 0 Å². The van der Waals surface area contributed by atoms with Crippen LogP contribution in [0.2, 0.25) is 0 Å². The fourth-order valence-electron chi connectivity index (χ4n) is 2.55. The molecule has 0 bridgehead atoms. The van der Waals surface area contributed by atoms with Crippen molar-refractivity contribution in [3.05, 3.63) is 60.6 Å². The van der Waals surface area contributed by atoms with Gasteiger partial charge >= 0.3 is 0 Å². The van der Waals surface area contributed by atoms with Crippen LogP contribution in [0.15, 0.2) is 59.8 Å². The normalized spacial score (nSPS) is 12.0. The van der Waals surface area contributed by atoms with Crippen LogP contribution in [0.1, 0.15) is 12.6 Å². The molecule has 0 saturated carbocycles. The van der Waals surface area contributed by atoms with E-state index in [4.69, 9.17) is 4.74 Å². The summed E-state index contributed by atoms with van der Waals surface area (Å²) in [5, 5.41) is 0. The summed E-state index contributed by atoms with van der Waals surface area (Å²) >= 11 is 0. The summed E-state index contributed by atoms with van der Waals surface area (Å²) in [6.45, 7) is 2.45. The zero-order valence-corrected chi connectivity index (χ0v) is 14.4. The van der Waals surface area contributed by atoms with Crippen LogP contribution in [0.5, 0.6) is 5.75 Å². The number of ether oxygens (including phenoxy) is 1. The van der Waals surface area contributed by atoms with Gasteiger partial charge < -0.3 is 9.14 Å². The van der Waals surface area contributed by atoms with Crippen LogP contribution in [0, 0.1) is 0 Å². The molecule has 0 N–H and O–H groups in total. The lowest BCUT2D eigenvalue weighted by Gasteiger charge is -2.20. The van der Waals surface area contributed by atoms with Crippen molar-refractivity contribution >= 4 is 15.7 Å². The van der Waals surface area contributed by atoms with Crippen LogP contribution in [-0.4, -0.2) is 35.8 Å². The molecule has 0 unspecified atom stereocenters. The molecular formula is C17H19N3O3S. The topological polar surface area (TPSA) is 63.9 Å². The van der Waals surface area contributed by atoms with Crippen molar-refractivity contribution in [3.8, 4) is 5.75 Å². The number of fused-ring (bicyclic) bond motifs is 1. The van der Waals surface area contributed by atoms with E-state index < -0.39 is 10.0 Å². The fourth-order valence-corrected chi connectivity index (χ4v) is 3.97. The van der Waals surface area contributed by atoms with E-state index in [1.54, 1.807) is 37.6 Å². The lowest BCUT2D eigenvalue weighted by Crippen LogP contribution is -2.30. The highest BCUT2D eigenvalue weighted by molar-refractivity contribution is 7.89. The van der Waals surface area contributed by atoms with Crippen molar-refractivity contribution in [1.29, 1.82) is 0 Å². The van der Waals surface area contributed by atoms with Crippen molar-refractivity contribution in [2.45, 2.75) is 18.4 Å². The highest BCUT2D eigenvalue weighted by Crippen LogP contribution is 2.21. The molecule has 2 aromatic heterocycles. The quantitative estimate of drug-likeness (QED) is 0.689. The smallest absolute Gasteiger partial charge is 0.243 e. The van der Waals surface area contributed by atoms with Crippen LogP contribution in [0.3, 0.4) is 0 Å². The molecular weight excluding hydrogens is 326 g/mol. The first kappa shape index (κ1) is 16.5. The highest BCUT2D eigenvalue weighted by Gasteiger charge is 2.24. The SMILES string of the molecule is CCN(Cc1cnc2ccccn12)S(=O)(=O)c1ccc(OC)cc1. The predicted molar refractivity (Wildman–Crippen MR) is 91.5 cm³/mol. The van der Waals surface area contributed by atoms with E-state index in [0.29, 0.717) is 12.3 Å². The Kier molecular flexibility index (Phi) is 4.55. The number of hydrogen-bond donors (Lipinski definition) is 0. The van der Waals surface area contributed by atoms with Crippen LogP contribution in [0.4, 0.5) is 0 Å². The van der Waals surface area contributed by atoms with E-state index >= 15 is 0 Å². The molecule has 0 saturated heterocycles. The van der Waals surface area contributed by atoms with Gasteiger partial charge in [0.15, 0.2) is 0 Å². The summed E-state index contributed by atoms with van der Waals surface area (Å²) in [4.78, 5) is 4.56. The van der Waals surface area contributed by atoms with E-state index in [-0.39, 0.29) is 11.4 Å².